The first kappa shape index (κ1) is 11.2. The molecule has 0 saturated carbocycles. The molecule has 94 valence electrons. The Morgan fingerprint density at radius 3 is 3.06 bits per heavy atom. The van der Waals surface area contributed by atoms with Crippen LogP contribution in [0.2, 0.25) is 0 Å². The molecule has 1 aromatic heterocycles. The van der Waals surface area contributed by atoms with Gasteiger partial charge in [0.25, 0.3) is 0 Å². The molecule has 2 heterocycles. The maximum atomic E-state index is 13.2. The van der Waals surface area contributed by atoms with Crippen LogP contribution < -0.4 is 4.74 Å². The van der Waals surface area contributed by atoms with Crippen molar-refractivity contribution >= 4 is 0 Å². The van der Waals surface area contributed by atoms with E-state index in [1.807, 2.05) is 13.2 Å². The van der Waals surface area contributed by atoms with Gasteiger partial charge in [0.1, 0.15) is 17.7 Å². The molecule has 0 aliphatic carbocycles. The quantitative estimate of drug-likeness (QED) is 0.840. The summed E-state index contributed by atoms with van der Waals surface area (Å²) in [5.74, 6) is 0.0374. The molecule has 0 fully saturated rings. The van der Waals surface area contributed by atoms with E-state index in [-0.39, 0.29) is 11.9 Å². The van der Waals surface area contributed by atoms with Gasteiger partial charge in [0.2, 0.25) is 0 Å². The SMILES string of the molecule is Cn1cc(C2C[C@@H](O)c3ccc(F)cc3O2)cn1. The van der Waals surface area contributed by atoms with Gasteiger partial charge in [-0.1, -0.05) is 0 Å². The van der Waals surface area contributed by atoms with Crippen molar-refractivity contribution in [3.05, 3.63) is 47.5 Å². The fraction of sp³-hybridized carbons (Fsp3) is 0.308. The van der Waals surface area contributed by atoms with Gasteiger partial charge in [0, 0.05) is 36.9 Å². The molecule has 0 saturated heterocycles. The van der Waals surface area contributed by atoms with E-state index >= 15 is 0 Å². The van der Waals surface area contributed by atoms with Crippen molar-refractivity contribution < 1.29 is 14.2 Å². The average molecular weight is 248 g/mol. The highest BCUT2D eigenvalue weighted by Crippen LogP contribution is 2.40. The van der Waals surface area contributed by atoms with E-state index in [1.54, 1.807) is 16.9 Å². The standard InChI is InChI=1S/C13H13FN2O2/c1-16-7-8(6-15-16)12-5-11(17)10-3-2-9(14)4-13(10)18-12/h2-4,6-7,11-12,17H,5H2,1H3/t11-,12?/m1/s1. The lowest BCUT2D eigenvalue weighted by Crippen LogP contribution is -2.18. The monoisotopic (exact) mass is 248 g/mol. The van der Waals surface area contributed by atoms with Crippen LogP contribution in [0, 0.1) is 5.82 Å². The van der Waals surface area contributed by atoms with E-state index in [0.29, 0.717) is 17.7 Å². The number of halogens is 1. The van der Waals surface area contributed by atoms with E-state index < -0.39 is 6.10 Å². The van der Waals surface area contributed by atoms with Crippen molar-refractivity contribution in [1.82, 2.24) is 9.78 Å². The van der Waals surface area contributed by atoms with Gasteiger partial charge < -0.3 is 9.84 Å². The van der Waals surface area contributed by atoms with E-state index in [1.165, 1.54) is 12.1 Å². The van der Waals surface area contributed by atoms with Crippen LogP contribution in [0.25, 0.3) is 0 Å². The number of benzene rings is 1. The molecule has 0 radical (unpaired) electrons. The first-order valence-corrected chi connectivity index (χ1v) is 5.76. The highest BCUT2D eigenvalue weighted by Gasteiger charge is 2.28. The Bertz CT molecular complexity index is 582. The molecule has 4 nitrogen and oxygen atoms in total. The summed E-state index contributed by atoms with van der Waals surface area (Å²) in [6, 6.07) is 4.20. The van der Waals surface area contributed by atoms with Gasteiger partial charge in [-0.2, -0.15) is 5.10 Å². The van der Waals surface area contributed by atoms with Crippen molar-refractivity contribution in [2.45, 2.75) is 18.6 Å². The number of aromatic nitrogens is 2. The van der Waals surface area contributed by atoms with Crippen LogP contribution in [-0.2, 0) is 7.05 Å². The van der Waals surface area contributed by atoms with Crippen molar-refractivity contribution in [2.75, 3.05) is 0 Å². The zero-order chi connectivity index (χ0) is 12.7. The minimum Gasteiger partial charge on any atom is -0.485 e. The van der Waals surface area contributed by atoms with Crippen LogP contribution in [0.4, 0.5) is 4.39 Å². The first-order valence-electron chi connectivity index (χ1n) is 5.76. The number of hydrogen-bond acceptors (Lipinski definition) is 3. The van der Waals surface area contributed by atoms with Crippen molar-refractivity contribution in [2.24, 2.45) is 7.05 Å². The molecule has 5 heteroatoms. The summed E-state index contributed by atoms with van der Waals surface area (Å²) in [6.07, 6.45) is 3.05. The summed E-state index contributed by atoms with van der Waals surface area (Å²) in [7, 11) is 1.82. The van der Waals surface area contributed by atoms with Crippen LogP contribution in [0.15, 0.2) is 30.6 Å². The van der Waals surface area contributed by atoms with Gasteiger partial charge in [0.15, 0.2) is 0 Å². The predicted molar refractivity (Wildman–Crippen MR) is 62.6 cm³/mol. The third kappa shape index (κ3) is 1.86. The summed E-state index contributed by atoms with van der Waals surface area (Å²) in [5.41, 5.74) is 1.52. The fourth-order valence-electron chi connectivity index (χ4n) is 2.23. The first-order chi connectivity index (χ1) is 8.63. The number of hydrogen-bond donors (Lipinski definition) is 1. The minimum atomic E-state index is -0.639. The Kier molecular flexibility index (Phi) is 2.56. The van der Waals surface area contributed by atoms with Gasteiger partial charge >= 0.3 is 0 Å². The van der Waals surface area contributed by atoms with Crippen LogP contribution in [0.1, 0.15) is 29.8 Å². The summed E-state index contributed by atoms with van der Waals surface area (Å²) in [6.45, 7) is 0. The number of aliphatic hydroxyl groups is 1. The minimum absolute atomic E-state index is 0.289. The third-order valence-electron chi connectivity index (χ3n) is 3.14. The maximum Gasteiger partial charge on any atom is 0.130 e. The Morgan fingerprint density at radius 1 is 1.50 bits per heavy atom. The number of ether oxygens (including phenoxy) is 1. The van der Waals surface area contributed by atoms with Crippen molar-refractivity contribution in [1.29, 1.82) is 0 Å². The Labute approximate surface area is 104 Å². The Balaban J connectivity index is 1.95. The van der Waals surface area contributed by atoms with Gasteiger partial charge in [0.05, 0.1) is 12.3 Å². The van der Waals surface area contributed by atoms with Gasteiger partial charge in [-0.05, 0) is 12.1 Å². The molecule has 0 spiro atoms. The molecule has 1 aliphatic heterocycles. The smallest absolute Gasteiger partial charge is 0.130 e. The molecule has 2 aromatic rings. The molecule has 0 amide bonds. The maximum absolute atomic E-state index is 13.2. The zero-order valence-electron chi connectivity index (χ0n) is 9.88. The molecule has 0 bridgehead atoms. The van der Waals surface area contributed by atoms with E-state index in [2.05, 4.69) is 5.10 Å². The largest absolute Gasteiger partial charge is 0.485 e. The van der Waals surface area contributed by atoms with Gasteiger partial charge in [-0.3, -0.25) is 4.68 Å². The highest BCUT2D eigenvalue weighted by molar-refractivity contribution is 5.38. The number of aryl methyl sites for hydroxylation is 1. The summed E-state index contributed by atoms with van der Waals surface area (Å²) >= 11 is 0. The topological polar surface area (TPSA) is 47.3 Å². The third-order valence-corrected chi connectivity index (χ3v) is 3.14. The summed E-state index contributed by atoms with van der Waals surface area (Å²) in [5, 5.41) is 14.1. The molecule has 2 atom stereocenters. The molecular weight excluding hydrogens is 235 g/mol. The number of rotatable bonds is 1. The van der Waals surface area contributed by atoms with Crippen molar-refractivity contribution in [3.63, 3.8) is 0 Å². The Hall–Kier alpha value is -1.88. The van der Waals surface area contributed by atoms with Crippen molar-refractivity contribution in [3.8, 4) is 5.75 Å². The van der Waals surface area contributed by atoms with Crippen LogP contribution in [0.3, 0.4) is 0 Å². The molecule has 1 aliphatic rings. The normalized spacial score (nSPS) is 22.4. The second-order valence-electron chi connectivity index (χ2n) is 4.49. The average Bonchev–Trinajstić information content (AvgIpc) is 2.75. The molecule has 18 heavy (non-hydrogen) atoms. The van der Waals surface area contributed by atoms with Gasteiger partial charge in [-0.25, -0.2) is 4.39 Å². The highest BCUT2D eigenvalue weighted by atomic mass is 19.1. The zero-order valence-corrected chi connectivity index (χ0v) is 9.88. The Morgan fingerprint density at radius 2 is 2.33 bits per heavy atom. The number of fused-ring (bicyclic) bond motifs is 1. The van der Waals surface area contributed by atoms with Crippen LogP contribution in [-0.4, -0.2) is 14.9 Å². The summed E-state index contributed by atoms with van der Waals surface area (Å²) in [4.78, 5) is 0. The molecular formula is C13H13FN2O2. The van der Waals surface area contributed by atoms with E-state index in [4.69, 9.17) is 4.74 Å². The van der Waals surface area contributed by atoms with Gasteiger partial charge in [-0.15, -0.1) is 0 Å². The number of nitrogens with zero attached hydrogens (tertiary/aromatic N) is 2. The molecule has 3 rings (SSSR count). The molecule has 1 N–H and O–H groups in total. The second kappa shape index (κ2) is 4.10. The van der Waals surface area contributed by atoms with E-state index in [0.717, 1.165) is 5.56 Å². The van der Waals surface area contributed by atoms with E-state index in [9.17, 15) is 9.50 Å². The second-order valence-corrected chi connectivity index (χ2v) is 4.49. The van der Waals surface area contributed by atoms with Crippen LogP contribution in [0.5, 0.6) is 5.75 Å². The van der Waals surface area contributed by atoms with Crippen LogP contribution >= 0.6 is 0 Å². The fourth-order valence-corrected chi connectivity index (χ4v) is 2.23. The lowest BCUT2D eigenvalue weighted by Gasteiger charge is -2.29. The number of aliphatic hydroxyl groups excluding tert-OH is 1. The molecule has 1 unspecified atom stereocenters. The molecule has 1 aromatic carbocycles. The lowest BCUT2D eigenvalue weighted by atomic mass is 9.96. The predicted octanol–water partition coefficient (Wildman–Crippen LogP) is 2.12. The summed E-state index contributed by atoms with van der Waals surface area (Å²) < 4.78 is 20.6. The lowest BCUT2D eigenvalue weighted by molar-refractivity contribution is 0.0653.